The molecule has 110 valence electrons. The Morgan fingerprint density at radius 3 is 2.52 bits per heavy atom. The second kappa shape index (κ2) is 8.98. The first kappa shape index (κ1) is 16.0. The van der Waals surface area contributed by atoms with E-state index in [0.717, 1.165) is 0 Å². The van der Waals surface area contributed by atoms with E-state index in [9.17, 15) is 9.59 Å². The largest absolute Gasteiger partial charge is 0.399 e. The summed E-state index contributed by atoms with van der Waals surface area (Å²) in [5, 5.41) is 16.9. The van der Waals surface area contributed by atoms with Gasteiger partial charge in [0.25, 0.3) is 5.91 Å². The minimum Gasteiger partial charge on any atom is -0.399 e. The summed E-state index contributed by atoms with van der Waals surface area (Å²) < 4.78 is 0. The van der Waals surface area contributed by atoms with E-state index >= 15 is 0 Å². The molecule has 0 saturated heterocycles. The van der Waals surface area contributed by atoms with Gasteiger partial charge in [-0.05, 0) is 30.7 Å². The molecule has 2 amide bonds. The first-order valence-electron chi connectivity index (χ1n) is 6.35. The van der Waals surface area contributed by atoms with Gasteiger partial charge >= 0.3 is 0 Å². The summed E-state index contributed by atoms with van der Waals surface area (Å²) in [6.07, 6.45) is 2.66. The fourth-order valence-corrected chi connectivity index (χ4v) is 1.44. The van der Waals surface area contributed by atoms with E-state index in [4.69, 9.17) is 11.0 Å². The van der Waals surface area contributed by atoms with Crippen molar-refractivity contribution in [2.24, 2.45) is 0 Å². The van der Waals surface area contributed by atoms with Crippen molar-refractivity contribution >= 4 is 23.7 Å². The van der Waals surface area contributed by atoms with Gasteiger partial charge in [0.15, 0.2) is 0 Å². The number of benzene rings is 1. The molecule has 0 bridgehead atoms. The molecule has 0 saturated carbocycles. The number of hydrogen-bond acceptors (Lipinski definition) is 5. The van der Waals surface area contributed by atoms with Crippen LogP contribution in [0.3, 0.4) is 0 Å². The SMILES string of the molecule is N#C/C(=C/NCCCNC=O)C(=O)Nc1ccc(N)cc1. The quantitative estimate of drug-likeness (QED) is 0.181. The molecule has 7 heteroatoms. The van der Waals surface area contributed by atoms with Crippen molar-refractivity contribution in [1.29, 1.82) is 5.26 Å². The zero-order valence-electron chi connectivity index (χ0n) is 11.4. The van der Waals surface area contributed by atoms with Crippen LogP contribution in [-0.2, 0) is 9.59 Å². The van der Waals surface area contributed by atoms with Crippen LogP contribution in [-0.4, -0.2) is 25.4 Å². The number of nitrogen functional groups attached to an aromatic ring is 1. The number of nitrogens with two attached hydrogens (primary N) is 1. The van der Waals surface area contributed by atoms with Crippen LogP contribution in [0.1, 0.15) is 6.42 Å². The summed E-state index contributed by atoms with van der Waals surface area (Å²) in [7, 11) is 0. The molecule has 0 aliphatic rings. The predicted molar refractivity (Wildman–Crippen MR) is 79.9 cm³/mol. The van der Waals surface area contributed by atoms with Crippen LogP contribution < -0.4 is 21.7 Å². The minimum atomic E-state index is -0.499. The van der Waals surface area contributed by atoms with E-state index in [1.54, 1.807) is 24.3 Å². The second-order valence-electron chi connectivity index (χ2n) is 4.13. The summed E-state index contributed by atoms with van der Waals surface area (Å²) in [5.41, 5.74) is 6.67. The Labute approximate surface area is 122 Å². The maximum Gasteiger partial charge on any atom is 0.267 e. The molecule has 0 heterocycles. The van der Waals surface area contributed by atoms with Crippen molar-refractivity contribution in [3.8, 4) is 6.07 Å². The van der Waals surface area contributed by atoms with Gasteiger partial charge in [0, 0.05) is 30.7 Å². The van der Waals surface area contributed by atoms with Crippen LogP contribution in [0.2, 0.25) is 0 Å². The Kier molecular flexibility index (Phi) is 6.86. The first-order valence-corrected chi connectivity index (χ1v) is 6.35. The molecule has 0 spiro atoms. The van der Waals surface area contributed by atoms with Gasteiger partial charge < -0.3 is 21.7 Å². The Morgan fingerprint density at radius 2 is 1.90 bits per heavy atom. The molecule has 0 aliphatic heterocycles. The number of nitriles is 1. The lowest BCUT2D eigenvalue weighted by Gasteiger charge is -2.05. The van der Waals surface area contributed by atoms with Gasteiger partial charge in [0.1, 0.15) is 11.6 Å². The van der Waals surface area contributed by atoms with Gasteiger partial charge in [-0.25, -0.2) is 0 Å². The standard InChI is InChI=1S/C14H17N5O2/c15-8-11(9-17-6-1-7-18-10-20)14(21)19-13-4-2-12(16)3-5-13/h2-5,9-10,17H,1,6-7,16H2,(H,18,20)(H,19,21)/b11-9-. The topological polar surface area (TPSA) is 120 Å². The smallest absolute Gasteiger partial charge is 0.267 e. The van der Waals surface area contributed by atoms with Crippen LogP contribution >= 0.6 is 0 Å². The third kappa shape index (κ3) is 6.11. The van der Waals surface area contributed by atoms with Crippen molar-refractivity contribution in [2.75, 3.05) is 24.1 Å². The normalized spacial score (nSPS) is 10.3. The Bertz CT molecular complexity index is 545. The maximum atomic E-state index is 11.9. The summed E-state index contributed by atoms with van der Waals surface area (Å²) in [6.45, 7) is 1.07. The molecular weight excluding hydrogens is 270 g/mol. The van der Waals surface area contributed by atoms with Crippen LogP contribution in [0.25, 0.3) is 0 Å². The number of carbonyl (C=O) groups is 2. The van der Waals surface area contributed by atoms with E-state index in [0.29, 0.717) is 37.3 Å². The molecule has 1 rings (SSSR count). The zero-order valence-corrected chi connectivity index (χ0v) is 11.4. The van der Waals surface area contributed by atoms with E-state index in [-0.39, 0.29) is 5.57 Å². The molecule has 0 fully saturated rings. The lowest BCUT2D eigenvalue weighted by Crippen LogP contribution is -2.20. The fraction of sp³-hybridized carbons (Fsp3) is 0.214. The average Bonchev–Trinajstić information content (AvgIpc) is 2.49. The number of amides is 2. The summed E-state index contributed by atoms with van der Waals surface area (Å²) in [6, 6.07) is 8.45. The van der Waals surface area contributed by atoms with Gasteiger partial charge in [-0.15, -0.1) is 0 Å². The number of nitrogens with zero attached hydrogens (tertiary/aromatic N) is 1. The highest BCUT2D eigenvalue weighted by atomic mass is 16.1. The van der Waals surface area contributed by atoms with Crippen LogP contribution in [0, 0.1) is 11.3 Å². The summed E-state index contributed by atoms with van der Waals surface area (Å²) in [4.78, 5) is 21.9. The molecule has 0 unspecified atom stereocenters. The van der Waals surface area contributed by atoms with Crippen molar-refractivity contribution < 1.29 is 9.59 Å². The van der Waals surface area contributed by atoms with Crippen LogP contribution in [0.4, 0.5) is 11.4 Å². The second-order valence-corrected chi connectivity index (χ2v) is 4.13. The molecule has 0 aliphatic carbocycles. The highest BCUT2D eigenvalue weighted by Gasteiger charge is 2.08. The summed E-state index contributed by atoms with van der Waals surface area (Å²) >= 11 is 0. The Hall–Kier alpha value is -3.01. The molecule has 21 heavy (non-hydrogen) atoms. The summed E-state index contributed by atoms with van der Waals surface area (Å²) in [5.74, 6) is -0.499. The lowest BCUT2D eigenvalue weighted by molar-refractivity contribution is -0.112. The van der Waals surface area contributed by atoms with E-state index in [1.807, 2.05) is 6.07 Å². The van der Waals surface area contributed by atoms with Crippen molar-refractivity contribution in [3.05, 3.63) is 36.0 Å². The maximum absolute atomic E-state index is 11.9. The first-order chi connectivity index (χ1) is 10.2. The number of hydrogen-bond donors (Lipinski definition) is 4. The molecule has 7 nitrogen and oxygen atoms in total. The number of nitrogens with one attached hydrogen (secondary N) is 3. The van der Waals surface area contributed by atoms with E-state index in [2.05, 4.69) is 16.0 Å². The van der Waals surface area contributed by atoms with Gasteiger partial charge in [0.05, 0.1) is 0 Å². The van der Waals surface area contributed by atoms with Gasteiger partial charge in [0.2, 0.25) is 6.41 Å². The van der Waals surface area contributed by atoms with Crippen LogP contribution in [0.5, 0.6) is 0 Å². The predicted octanol–water partition coefficient (Wildman–Crippen LogP) is 0.340. The molecule has 5 N–H and O–H groups in total. The zero-order chi connectivity index (χ0) is 15.5. The van der Waals surface area contributed by atoms with Gasteiger partial charge in [-0.2, -0.15) is 5.26 Å². The van der Waals surface area contributed by atoms with Crippen molar-refractivity contribution in [3.63, 3.8) is 0 Å². The van der Waals surface area contributed by atoms with Crippen molar-refractivity contribution in [1.82, 2.24) is 10.6 Å². The molecule has 1 aromatic carbocycles. The van der Waals surface area contributed by atoms with E-state index < -0.39 is 5.91 Å². The molecule has 1 aromatic rings. The van der Waals surface area contributed by atoms with Crippen molar-refractivity contribution in [2.45, 2.75) is 6.42 Å². The number of anilines is 2. The van der Waals surface area contributed by atoms with Gasteiger partial charge in [-0.3, -0.25) is 9.59 Å². The van der Waals surface area contributed by atoms with E-state index in [1.165, 1.54) is 6.20 Å². The lowest BCUT2D eigenvalue weighted by atomic mass is 10.2. The third-order valence-corrected chi connectivity index (χ3v) is 2.51. The van der Waals surface area contributed by atoms with Crippen LogP contribution in [0.15, 0.2) is 36.0 Å². The molecule has 0 atom stereocenters. The monoisotopic (exact) mass is 287 g/mol. The highest BCUT2D eigenvalue weighted by Crippen LogP contribution is 2.11. The fourth-order valence-electron chi connectivity index (χ4n) is 1.44. The third-order valence-electron chi connectivity index (χ3n) is 2.51. The highest BCUT2D eigenvalue weighted by molar-refractivity contribution is 6.06. The molecular formula is C14H17N5O2. The Balaban J connectivity index is 2.47. The average molecular weight is 287 g/mol. The molecule has 0 radical (unpaired) electrons. The van der Waals surface area contributed by atoms with Gasteiger partial charge in [-0.1, -0.05) is 0 Å². The Morgan fingerprint density at radius 1 is 1.24 bits per heavy atom. The molecule has 0 aromatic heterocycles. The minimum absolute atomic E-state index is 0.0322. The number of rotatable bonds is 8. The number of carbonyl (C=O) groups excluding carboxylic acids is 2.